The fourth-order valence-corrected chi connectivity index (χ4v) is 2.16. The maximum Gasteiger partial charge on any atom is 0.306 e. The zero-order chi connectivity index (χ0) is 15.1. The van der Waals surface area contributed by atoms with E-state index in [9.17, 15) is 15.2 Å². The third-order valence-corrected chi connectivity index (χ3v) is 3.32. The number of nitro groups is 1. The minimum absolute atomic E-state index is 0.0672. The molecule has 1 aromatic heterocycles. The van der Waals surface area contributed by atoms with Crippen molar-refractivity contribution in [2.45, 2.75) is 12.6 Å². The van der Waals surface area contributed by atoms with Crippen LogP contribution >= 0.6 is 0 Å². The lowest BCUT2D eigenvalue weighted by atomic mass is 10.3. The first-order valence-corrected chi connectivity index (χ1v) is 7.01. The van der Waals surface area contributed by atoms with Crippen molar-refractivity contribution >= 4 is 5.69 Å². The van der Waals surface area contributed by atoms with E-state index in [0.29, 0.717) is 6.54 Å². The first-order valence-electron chi connectivity index (χ1n) is 7.01. The molecule has 1 unspecified atom stereocenters. The van der Waals surface area contributed by atoms with Gasteiger partial charge in [0.05, 0.1) is 30.8 Å². The van der Waals surface area contributed by atoms with Crippen molar-refractivity contribution in [3.63, 3.8) is 0 Å². The second kappa shape index (κ2) is 8.03. The van der Waals surface area contributed by atoms with E-state index in [0.717, 1.165) is 39.4 Å². The second-order valence-electron chi connectivity index (χ2n) is 4.99. The van der Waals surface area contributed by atoms with Gasteiger partial charge in [-0.1, -0.05) is 0 Å². The standard InChI is InChI=1S/C12H21N5O4/c18-12(10-16-9-11(7-14-16)17(19)20)8-13-1-2-15-3-5-21-6-4-15/h7,9,12-13,18H,1-6,8,10H2. The maximum absolute atomic E-state index is 10.5. The highest BCUT2D eigenvalue weighted by atomic mass is 16.6. The predicted octanol–water partition coefficient (Wildman–Crippen LogP) is -0.926. The monoisotopic (exact) mass is 299 g/mol. The van der Waals surface area contributed by atoms with Crippen molar-refractivity contribution in [1.29, 1.82) is 0 Å². The topological polar surface area (TPSA) is 106 Å². The van der Waals surface area contributed by atoms with Gasteiger partial charge in [0.25, 0.3) is 0 Å². The van der Waals surface area contributed by atoms with Crippen LogP contribution in [0.2, 0.25) is 0 Å². The minimum atomic E-state index is -0.630. The van der Waals surface area contributed by atoms with Gasteiger partial charge in [-0.15, -0.1) is 0 Å². The SMILES string of the molecule is O=[N+]([O-])c1cnn(CC(O)CNCCN2CCOCC2)c1. The van der Waals surface area contributed by atoms with E-state index in [-0.39, 0.29) is 12.2 Å². The van der Waals surface area contributed by atoms with Crippen LogP contribution in [0.15, 0.2) is 12.4 Å². The lowest BCUT2D eigenvalue weighted by Gasteiger charge is -2.26. The summed E-state index contributed by atoms with van der Waals surface area (Å²) in [5, 5.41) is 27.4. The molecule has 1 atom stereocenters. The Morgan fingerprint density at radius 2 is 2.29 bits per heavy atom. The molecule has 0 spiro atoms. The number of hydrogen-bond donors (Lipinski definition) is 2. The summed E-state index contributed by atoms with van der Waals surface area (Å²) in [4.78, 5) is 12.3. The number of aromatic nitrogens is 2. The van der Waals surface area contributed by atoms with Crippen molar-refractivity contribution in [3.05, 3.63) is 22.5 Å². The summed E-state index contributed by atoms with van der Waals surface area (Å²) in [5.74, 6) is 0. The molecule has 1 aliphatic heterocycles. The Balaban J connectivity index is 1.60. The van der Waals surface area contributed by atoms with Crippen LogP contribution in [-0.4, -0.2) is 76.8 Å². The number of aliphatic hydroxyl groups is 1. The lowest BCUT2D eigenvalue weighted by molar-refractivity contribution is -0.385. The maximum atomic E-state index is 10.5. The van der Waals surface area contributed by atoms with E-state index in [1.165, 1.54) is 17.1 Å². The van der Waals surface area contributed by atoms with Crippen molar-refractivity contribution in [2.75, 3.05) is 45.9 Å². The van der Waals surface area contributed by atoms with Gasteiger partial charge in [-0.05, 0) is 0 Å². The molecule has 0 saturated carbocycles. The Morgan fingerprint density at radius 3 is 2.95 bits per heavy atom. The van der Waals surface area contributed by atoms with Gasteiger partial charge in [0.15, 0.2) is 0 Å². The number of rotatable bonds is 8. The molecule has 0 aliphatic carbocycles. The Morgan fingerprint density at radius 1 is 1.52 bits per heavy atom. The highest BCUT2D eigenvalue weighted by molar-refractivity contribution is 5.20. The molecular formula is C12H21N5O4. The molecule has 0 aromatic carbocycles. The van der Waals surface area contributed by atoms with Crippen molar-refractivity contribution in [3.8, 4) is 0 Å². The van der Waals surface area contributed by atoms with E-state index in [1.54, 1.807) is 0 Å². The van der Waals surface area contributed by atoms with E-state index in [1.807, 2.05) is 0 Å². The largest absolute Gasteiger partial charge is 0.390 e. The van der Waals surface area contributed by atoms with Crippen LogP contribution in [0, 0.1) is 10.1 Å². The fourth-order valence-electron chi connectivity index (χ4n) is 2.16. The summed E-state index contributed by atoms with van der Waals surface area (Å²) in [7, 11) is 0. The van der Waals surface area contributed by atoms with Crippen molar-refractivity contribution in [2.24, 2.45) is 0 Å². The number of hydrogen-bond acceptors (Lipinski definition) is 7. The number of nitrogens with one attached hydrogen (secondary N) is 1. The van der Waals surface area contributed by atoms with Crippen LogP contribution in [0.4, 0.5) is 5.69 Å². The normalized spacial score (nSPS) is 17.8. The highest BCUT2D eigenvalue weighted by Gasteiger charge is 2.12. The van der Waals surface area contributed by atoms with E-state index < -0.39 is 11.0 Å². The van der Waals surface area contributed by atoms with Crippen LogP contribution in [-0.2, 0) is 11.3 Å². The molecule has 1 saturated heterocycles. The number of morpholine rings is 1. The molecule has 9 nitrogen and oxygen atoms in total. The molecule has 1 fully saturated rings. The molecule has 0 radical (unpaired) electrons. The Labute approximate surface area is 122 Å². The summed E-state index contributed by atoms with van der Waals surface area (Å²) >= 11 is 0. The van der Waals surface area contributed by atoms with Gasteiger partial charge in [0.2, 0.25) is 0 Å². The summed E-state index contributed by atoms with van der Waals surface area (Å²) in [6, 6.07) is 0. The fraction of sp³-hybridized carbons (Fsp3) is 0.750. The van der Waals surface area contributed by atoms with E-state index >= 15 is 0 Å². The van der Waals surface area contributed by atoms with Gasteiger partial charge in [0, 0.05) is 32.7 Å². The number of nitrogens with zero attached hydrogens (tertiary/aromatic N) is 4. The van der Waals surface area contributed by atoms with Gasteiger partial charge < -0.3 is 15.2 Å². The molecule has 2 heterocycles. The van der Waals surface area contributed by atoms with Crippen LogP contribution in [0.25, 0.3) is 0 Å². The average Bonchev–Trinajstić information content (AvgIpc) is 2.93. The first kappa shape index (κ1) is 15.8. The molecule has 0 bridgehead atoms. The molecule has 1 aromatic rings. The van der Waals surface area contributed by atoms with Crippen LogP contribution < -0.4 is 5.32 Å². The molecule has 2 rings (SSSR count). The summed E-state index contributed by atoms with van der Waals surface area (Å²) in [5.41, 5.74) is -0.0672. The number of aliphatic hydroxyl groups excluding tert-OH is 1. The average molecular weight is 299 g/mol. The molecule has 118 valence electrons. The van der Waals surface area contributed by atoms with Crippen LogP contribution in [0.1, 0.15) is 0 Å². The predicted molar refractivity (Wildman–Crippen MR) is 75.0 cm³/mol. The van der Waals surface area contributed by atoms with Gasteiger partial charge in [-0.2, -0.15) is 5.10 Å². The van der Waals surface area contributed by atoms with Gasteiger partial charge in [0.1, 0.15) is 12.4 Å². The number of ether oxygens (including phenoxy) is 1. The smallest absolute Gasteiger partial charge is 0.306 e. The van der Waals surface area contributed by atoms with Gasteiger partial charge in [-0.25, -0.2) is 0 Å². The molecule has 21 heavy (non-hydrogen) atoms. The molecule has 1 aliphatic rings. The van der Waals surface area contributed by atoms with E-state index in [4.69, 9.17) is 4.74 Å². The third kappa shape index (κ3) is 5.38. The Kier molecular flexibility index (Phi) is 6.05. The summed E-state index contributed by atoms with van der Waals surface area (Å²) in [6.07, 6.45) is 1.87. The second-order valence-corrected chi connectivity index (χ2v) is 4.99. The Hall–Kier alpha value is -1.55. The first-order chi connectivity index (χ1) is 10.1. The molecule has 9 heteroatoms. The zero-order valence-electron chi connectivity index (χ0n) is 11.8. The molecule has 2 N–H and O–H groups in total. The Bertz CT molecular complexity index is 447. The van der Waals surface area contributed by atoms with Crippen LogP contribution in [0.5, 0.6) is 0 Å². The highest BCUT2D eigenvalue weighted by Crippen LogP contribution is 2.07. The summed E-state index contributed by atoms with van der Waals surface area (Å²) < 4.78 is 6.65. The zero-order valence-corrected chi connectivity index (χ0v) is 11.8. The lowest BCUT2D eigenvalue weighted by Crippen LogP contribution is -2.41. The van der Waals surface area contributed by atoms with Gasteiger partial charge >= 0.3 is 5.69 Å². The van der Waals surface area contributed by atoms with Crippen LogP contribution in [0.3, 0.4) is 0 Å². The minimum Gasteiger partial charge on any atom is -0.390 e. The third-order valence-electron chi connectivity index (χ3n) is 3.32. The van der Waals surface area contributed by atoms with Gasteiger partial charge in [-0.3, -0.25) is 19.7 Å². The van der Waals surface area contributed by atoms with Crippen molar-refractivity contribution < 1.29 is 14.8 Å². The quantitative estimate of drug-likeness (QED) is 0.363. The summed E-state index contributed by atoms with van der Waals surface area (Å²) in [6.45, 7) is 5.82. The van der Waals surface area contributed by atoms with Crippen molar-refractivity contribution in [1.82, 2.24) is 20.0 Å². The molecular weight excluding hydrogens is 278 g/mol. The van der Waals surface area contributed by atoms with E-state index in [2.05, 4.69) is 15.3 Å². The molecule has 0 amide bonds.